The lowest BCUT2D eigenvalue weighted by Crippen LogP contribution is -2.10. The van der Waals surface area contributed by atoms with Gasteiger partial charge in [0.05, 0.1) is 6.61 Å². The molecule has 86 valence electrons. The van der Waals surface area contributed by atoms with Crippen molar-refractivity contribution >= 4 is 5.97 Å². The van der Waals surface area contributed by atoms with Crippen LogP contribution in [0.4, 0.5) is 0 Å². The normalized spacial score (nSPS) is 16.8. The van der Waals surface area contributed by atoms with Crippen LogP contribution >= 0.6 is 0 Å². The summed E-state index contributed by atoms with van der Waals surface area (Å²) in [5.41, 5.74) is 0.367. The zero-order valence-corrected chi connectivity index (χ0v) is 8.80. The van der Waals surface area contributed by atoms with Crippen LogP contribution in [0.25, 0.3) is 0 Å². The fraction of sp³-hybridized carbons (Fsp3) is 0.417. The molecule has 1 aromatic rings. The minimum absolute atomic E-state index is 0.367. The molecule has 1 aliphatic rings. The number of carboxylic acids is 1. The van der Waals surface area contributed by atoms with Gasteiger partial charge in [-0.2, -0.15) is 0 Å². The van der Waals surface area contributed by atoms with E-state index in [4.69, 9.17) is 9.84 Å². The van der Waals surface area contributed by atoms with Crippen LogP contribution in [-0.2, 0) is 4.79 Å². The van der Waals surface area contributed by atoms with Crippen LogP contribution in [0.1, 0.15) is 24.5 Å². The third-order valence-electron chi connectivity index (χ3n) is 2.61. The summed E-state index contributed by atoms with van der Waals surface area (Å²) in [5.74, 6) is 0.157. The predicted molar refractivity (Wildman–Crippen MR) is 57.3 cm³/mol. The summed E-state index contributed by atoms with van der Waals surface area (Å²) >= 11 is 0. The fourth-order valence-corrected chi connectivity index (χ4v) is 1.39. The molecule has 0 aliphatic heterocycles. The Morgan fingerprint density at radius 3 is 2.50 bits per heavy atom. The van der Waals surface area contributed by atoms with Gasteiger partial charge in [-0.3, -0.25) is 0 Å². The molecule has 0 bridgehead atoms. The summed E-state index contributed by atoms with van der Waals surface area (Å²) in [5, 5.41) is 17.9. The Hall–Kier alpha value is -1.55. The SMILES string of the molecule is O=C(O)C(O)c1ccc(OCC2CC2)cc1. The number of ether oxygens (including phenoxy) is 1. The van der Waals surface area contributed by atoms with Crippen LogP contribution in [0.15, 0.2) is 24.3 Å². The predicted octanol–water partition coefficient (Wildman–Crippen LogP) is 1.59. The van der Waals surface area contributed by atoms with E-state index in [1.54, 1.807) is 24.3 Å². The lowest BCUT2D eigenvalue weighted by Gasteiger charge is -2.08. The van der Waals surface area contributed by atoms with Crippen LogP contribution in [-0.4, -0.2) is 22.8 Å². The van der Waals surface area contributed by atoms with Crippen molar-refractivity contribution in [3.8, 4) is 5.75 Å². The molecule has 0 saturated heterocycles. The van der Waals surface area contributed by atoms with Gasteiger partial charge in [0, 0.05) is 0 Å². The van der Waals surface area contributed by atoms with E-state index in [1.807, 2.05) is 0 Å². The van der Waals surface area contributed by atoms with E-state index in [-0.39, 0.29) is 0 Å². The minimum Gasteiger partial charge on any atom is -0.493 e. The van der Waals surface area contributed by atoms with E-state index < -0.39 is 12.1 Å². The van der Waals surface area contributed by atoms with Crippen LogP contribution in [0, 0.1) is 5.92 Å². The summed E-state index contributed by atoms with van der Waals surface area (Å²) in [6.45, 7) is 0.723. The second-order valence-corrected chi connectivity index (χ2v) is 4.06. The molecule has 1 fully saturated rings. The molecule has 1 aromatic carbocycles. The third-order valence-corrected chi connectivity index (χ3v) is 2.61. The van der Waals surface area contributed by atoms with Gasteiger partial charge in [-0.1, -0.05) is 12.1 Å². The molecule has 2 N–H and O–H groups in total. The summed E-state index contributed by atoms with van der Waals surface area (Å²) < 4.78 is 5.50. The van der Waals surface area contributed by atoms with Gasteiger partial charge < -0.3 is 14.9 Å². The number of aliphatic hydroxyl groups excluding tert-OH is 1. The summed E-state index contributed by atoms with van der Waals surface area (Å²) in [7, 11) is 0. The van der Waals surface area contributed by atoms with Crippen molar-refractivity contribution in [2.75, 3.05) is 6.61 Å². The van der Waals surface area contributed by atoms with E-state index >= 15 is 0 Å². The molecule has 0 spiro atoms. The molecule has 1 unspecified atom stereocenters. The highest BCUT2D eigenvalue weighted by Gasteiger charge is 2.22. The first-order chi connectivity index (χ1) is 7.66. The van der Waals surface area contributed by atoms with Crippen molar-refractivity contribution in [3.63, 3.8) is 0 Å². The van der Waals surface area contributed by atoms with Crippen molar-refractivity contribution in [2.45, 2.75) is 18.9 Å². The number of aliphatic carboxylic acids is 1. The Balaban J connectivity index is 1.94. The quantitative estimate of drug-likeness (QED) is 0.794. The first-order valence-corrected chi connectivity index (χ1v) is 5.30. The van der Waals surface area contributed by atoms with Crippen molar-refractivity contribution in [1.82, 2.24) is 0 Å². The van der Waals surface area contributed by atoms with Crippen LogP contribution < -0.4 is 4.74 Å². The number of carboxylic acid groups (broad SMARTS) is 1. The second kappa shape index (κ2) is 4.53. The van der Waals surface area contributed by atoms with Crippen LogP contribution in [0.5, 0.6) is 5.75 Å². The number of benzene rings is 1. The van der Waals surface area contributed by atoms with Crippen molar-refractivity contribution < 1.29 is 19.7 Å². The smallest absolute Gasteiger partial charge is 0.337 e. The maximum atomic E-state index is 10.5. The van der Waals surface area contributed by atoms with Gasteiger partial charge in [0.15, 0.2) is 6.10 Å². The maximum absolute atomic E-state index is 10.5. The Labute approximate surface area is 93.5 Å². The molecule has 16 heavy (non-hydrogen) atoms. The molecule has 1 atom stereocenters. The maximum Gasteiger partial charge on any atom is 0.337 e. The Bertz CT molecular complexity index is 367. The van der Waals surface area contributed by atoms with Gasteiger partial charge >= 0.3 is 5.97 Å². The van der Waals surface area contributed by atoms with E-state index in [0.717, 1.165) is 6.61 Å². The average molecular weight is 222 g/mol. The van der Waals surface area contributed by atoms with E-state index in [1.165, 1.54) is 12.8 Å². The van der Waals surface area contributed by atoms with E-state index in [0.29, 0.717) is 17.2 Å². The lowest BCUT2D eigenvalue weighted by atomic mass is 10.1. The number of carbonyl (C=O) groups is 1. The first-order valence-electron chi connectivity index (χ1n) is 5.30. The van der Waals surface area contributed by atoms with Gasteiger partial charge in [-0.15, -0.1) is 0 Å². The minimum atomic E-state index is -1.46. The standard InChI is InChI=1S/C12H14O4/c13-11(12(14)15)9-3-5-10(6-4-9)16-7-8-1-2-8/h3-6,8,11,13H,1-2,7H2,(H,14,15). The topological polar surface area (TPSA) is 66.8 Å². The zero-order chi connectivity index (χ0) is 11.5. The average Bonchev–Trinajstić information content (AvgIpc) is 3.10. The largest absolute Gasteiger partial charge is 0.493 e. The fourth-order valence-electron chi connectivity index (χ4n) is 1.39. The number of hydrogen-bond acceptors (Lipinski definition) is 3. The van der Waals surface area contributed by atoms with Crippen LogP contribution in [0.3, 0.4) is 0 Å². The number of hydrogen-bond donors (Lipinski definition) is 2. The molecular weight excluding hydrogens is 208 g/mol. The van der Waals surface area contributed by atoms with Gasteiger partial charge in [-0.25, -0.2) is 4.79 Å². The summed E-state index contributed by atoms with van der Waals surface area (Å²) in [6.07, 6.45) is 1.00. The van der Waals surface area contributed by atoms with E-state index in [2.05, 4.69) is 0 Å². The molecule has 0 radical (unpaired) electrons. The van der Waals surface area contributed by atoms with Gasteiger partial charge in [0.2, 0.25) is 0 Å². The number of aliphatic hydroxyl groups is 1. The van der Waals surface area contributed by atoms with Crippen LogP contribution in [0.2, 0.25) is 0 Å². The highest BCUT2D eigenvalue weighted by Crippen LogP contribution is 2.29. The molecule has 4 heteroatoms. The molecule has 0 amide bonds. The van der Waals surface area contributed by atoms with E-state index in [9.17, 15) is 9.90 Å². The third kappa shape index (κ3) is 2.73. The Morgan fingerprint density at radius 2 is 2.00 bits per heavy atom. The van der Waals surface area contributed by atoms with Gasteiger partial charge in [0.1, 0.15) is 5.75 Å². The molecule has 4 nitrogen and oxygen atoms in total. The molecule has 0 heterocycles. The highest BCUT2D eigenvalue weighted by molar-refractivity contribution is 5.74. The summed E-state index contributed by atoms with van der Waals surface area (Å²) in [4.78, 5) is 10.5. The second-order valence-electron chi connectivity index (χ2n) is 4.06. The number of rotatable bonds is 5. The van der Waals surface area contributed by atoms with Gasteiger partial charge in [-0.05, 0) is 36.5 Å². The monoisotopic (exact) mass is 222 g/mol. The van der Waals surface area contributed by atoms with Crippen molar-refractivity contribution in [1.29, 1.82) is 0 Å². The van der Waals surface area contributed by atoms with Crippen molar-refractivity contribution in [3.05, 3.63) is 29.8 Å². The zero-order valence-electron chi connectivity index (χ0n) is 8.80. The molecule has 0 aromatic heterocycles. The molecule has 2 rings (SSSR count). The Kier molecular flexibility index (Phi) is 3.10. The summed E-state index contributed by atoms with van der Waals surface area (Å²) in [6, 6.07) is 6.51. The molecular formula is C12H14O4. The molecule has 1 aliphatic carbocycles. The highest BCUT2D eigenvalue weighted by atomic mass is 16.5. The molecule has 1 saturated carbocycles. The Morgan fingerprint density at radius 1 is 1.38 bits per heavy atom. The first kappa shape index (κ1) is 11.0. The van der Waals surface area contributed by atoms with Crippen molar-refractivity contribution in [2.24, 2.45) is 5.92 Å². The van der Waals surface area contributed by atoms with Gasteiger partial charge in [0.25, 0.3) is 0 Å². The lowest BCUT2D eigenvalue weighted by molar-refractivity contribution is -0.146.